The van der Waals surface area contributed by atoms with Crippen molar-refractivity contribution in [2.45, 2.75) is 135 Å². The third-order valence-electron chi connectivity index (χ3n) is 11.6. The summed E-state index contributed by atoms with van der Waals surface area (Å²) in [6, 6.07) is 7.21. The fraction of sp³-hybridized carbons (Fsp3) is 0.750. The third-order valence-corrected chi connectivity index (χ3v) is 11.6. The van der Waals surface area contributed by atoms with Gasteiger partial charge < -0.3 is 39.8 Å². The molecule has 0 spiro atoms. The van der Waals surface area contributed by atoms with Crippen LogP contribution < -0.4 is 16.0 Å². The van der Waals surface area contributed by atoms with Crippen LogP contribution in [0.25, 0.3) is 0 Å². The van der Waals surface area contributed by atoms with Gasteiger partial charge in [-0.15, -0.1) is 0 Å². The van der Waals surface area contributed by atoms with E-state index in [4.69, 9.17) is 14.2 Å². The van der Waals surface area contributed by atoms with Gasteiger partial charge in [-0.1, -0.05) is 71.4 Å². The molecule has 2 aliphatic heterocycles. The van der Waals surface area contributed by atoms with E-state index in [2.05, 4.69) is 16.0 Å². The minimum Gasteiger partial charge on any atom is -0.468 e. The van der Waals surface area contributed by atoms with Crippen molar-refractivity contribution in [2.24, 2.45) is 17.8 Å². The summed E-state index contributed by atoms with van der Waals surface area (Å²) in [5.41, 5.74) is 0.201. The van der Waals surface area contributed by atoms with E-state index in [1.54, 1.807) is 26.2 Å². The number of nitrogens with one attached hydrogen (secondary N) is 3. The smallest absolute Gasteiger partial charge is 0.323 e. The Morgan fingerprint density at radius 1 is 1.06 bits per heavy atom. The van der Waals surface area contributed by atoms with E-state index >= 15 is 0 Å². The zero-order valence-corrected chi connectivity index (χ0v) is 33.7. The molecule has 2 aliphatic rings. The van der Waals surface area contributed by atoms with Crippen LogP contribution in [-0.4, -0.2) is 128 Å². The Kier molecular flexibility index (Phi) is 17.2. The highest BCUT2D eigenvalue weighted by Crippen LogP contribution is 2.30. The lowest BCUT2D eigenvalue weighted by atomic mass is 9.89. The molecular weight excluding hydrogens is 678 g/mol. The van der Waals surface area contributed by atoms with Crippen molar-refractivity contribution in [3.63, 3.8) is 0 Å². The molecule has 0 radical (unpaired) electrons. The maximum absolute atomic E-state index is 14.2. The minimum atomic E-state index is -1.13. The van der Waals surface area contributed by atoms with E-state index in [-0.39, 0.29) is 42.0 Å². The van der Waals surface area contributed by atoms with E-state index < -0.39 is 54.0 Å². The van der Waals surface area contributed by atoms with Crippen molar-refractivity contribution in [1.29, 1.82) is 0 Å². The number of benzene rings is 1. The maximum atomic E-state index is 14.2. The van der Waals surface area contributed by atoms with E-state index in [0.717, 1.165) is 31.4 Å². The number of aliphatic hydroxyl groups is 1. The van der Waals surface area contributed by atoms with Gasteiger partial charge in [-0.3, -0.25) is 24.5 Å². The number of amides is 3. The topological polar surface area (TPSA) is 159 Å². The van der Waals surface area contributed by atoms with Gasteiger partial charge in [-0.05, 0) is 63.0 Å². The quantitative estimate of drug-likeness (QED) is 0.116. The molecule has 53 heavy (non-hydrogen) atoms. The number of hydrogen-bond acceptors (Lipinski definition) is 10. The number of esters is 1. The second-order valence-corrected chi connectivity index (χ2v) is 15.6. The molecule has 2 saturated heterocycles. The predicted molar refractivity (Wildman–Crippen MR) is 204 cm³/mol. The van der Waals surface area contributed by atoms with Crippen molar-refractivity contribution < 1.29 is 38.5 Å². The molecule has 2 fully saturated rings. The number of likely N-dealkylation sites (N-methyl/N-ethyl adjacent to an activating group) is 1. The summed E-state index contributed by atoms with van der Waals surface area (Å²) in [4.78, 5) is 57.9. The van der Waals surface area contributed by atoms with Gasteiger partial charge in [0.15, 0.2) is 0 Å². The Morgan fingerprint density at radius 2 is 1.74 bits per heavy atom. The van der Waals surface area contributed by atoms with E-state index in [9.17, 15) is 24.3 Å². The number of carbonyl (C=O) groups is 4. The molecule has 2 heterocycles. The van der Waals surface area contributed by atoms with Crippen LogP contribution in [0.1, 0.15) is 85.6 Å². The van der Waals surface area contributed by atoms with E-state index in [1.165, 1.54) is 7.11 Å². The lowest BCUT2D eigenvalue weighted by Gasteiger charge is -2.41. The largest absolute Gasteiger partial charge is 0.468 e. The Hall–Kier alpha value is -3.10. The number of rotatable bonds is 20. The Bertz CT molecular complexity index is 1330. The molecule has 1 unspecified atom stereocenters. The number of hydrogen-bond donors (Lipinski definition) is 4. The second-order valence-electron chi connectivity index (χ2n) is 15.6. The van der Waals surface area contributed by atoms with Gasteiger partial charge >= 0.3 is 5.97 Å². The average molecular weight is 746 g/mol. The number of nitrogens with zero attached hydrogens (tertiary/aromatic N) is 2. The van der Waals surface area contributed by atoms with E-state index in [1.807, 2.05) is 76.8 Å². The molecule has 13 heteroatoms. The molecule has 3 rings (SSSR count). The van der Waals surface area contributed by atoms with Gasteiger partial charge in [0.05, 0.1) is 43.4 Å². The SMILES string of the molecule is CC[C@H](C)[C@@H]([C@@H](CC(=O)N1CCC[C@H]1[C@H](OC)[C@@H](C)C(O)N[C@@H](Cc1ccccc1)C(=O)OC)OC)N(C)C(=O)[C@@H](NC(=O)[C@@]1(C)CCCN1)C(C)C. The number of likely N-dealkylation sites (tertiary alicyclic amines) is 1. The van der Waals surface area contributed by atoms with Gasteiger partial charge in [0.1, 0.15) is 18.3 Å². The monoisotopic (exact) mass is 745 g/mol. The maximum Gasteiger partial charge on any atom is 0.323 e. The van der Waals surface area contributed by atoms with Crippen molar-refractivity contribution >= 4 is 23.7 Å². The van der Waals surface area contributed by atoms with Gasteiger partial charge in [0, 0.05) is 33.7 Å². The first-order valence-electron chi connectivity index (χ1n) is 19.4. The molecule has 3 amide bonds. The minimum absolute atomic E-state index is 0.0137. The van der Waals surface area contributed by atoms with Crippen LogP contribution >= 0.6 is 0 Å². The number of aliphatic hydroxyl groups excluding tert-OH is 1. The first-order chi connectivity index (χ1) is 25.1. The molecule has 10 atom stereocenters. The lowest BCUT2D eigenvalue weighted by molar-refractivity contribution is -0.148. The standard InChI is InChI=1S/C40H67N5O8/c1-11-26(4)34(44(7)37(48)33(25(2)3)43-39(50)40(6)20-16-21-41-40)31(51-8)24-32(46)45-22-15-19-30(45)35(52-9)27(5)36(47)42-29(38(49)53-10)23-28-17-13-12-14-18-28/h12-14,17-18,25-27,29-31,33-36,41-42,47H,11,15-16,19-24H2,1-10H3,(H,43,50)/t26-,27+,29-,30-,31+,33-,34-,35+,36?,40+/m0/s1. The zero-order chi connectivity index (χ0) is 39.5. The summed E-state index contributed by atoms with van der Waals surface area (Å²) < 4.78 is 17.0. The molecule has 1 aromatic rings. The summed E-state index contributed by atoms with van der Waals surface area (Å²) in [6.45, 7) is 12.9. The fourth-order valence-electron chi connectivity index (χ4n) is 8.05. The van der Waals surface area contributed by atoms with Crippen LogP contribution in [-0.2, 0) is 39.8 Å². The molecule has 0 bridgehead atoms. The summed E-state index contributed by atoms with van der Waals surface area (Å²) in [5.74, 6) is -1.70. The molecular formula is C40H67N5O8. The van der Waals surface area contributed by atoms with Crippen LogP contribution in [0.2, 0.25) is 0 Å². The summed E-state index contributed by atoms with van der Waals surface area (Å²) in [6.07, 6.45) is 1.87. The fourth-order valence-corrected chi connectivity index (χ4v) is 8.05. The third kappa shape index (κ3) is 11.2. The van der Waals surface area contributed by atoms with E-state index in [0.29, 0.717) is 25.8 Å². The lowest BCUT2D eigenvalue weighted by Crippen LogP contribution is -2.61. The molecule has 13 nitrogen and oxygen atoms in total. The molecule has 0 saturated carbocycles. The van der Waals surface area contributed by atoms with Crippen molar-refractivity contribution in [1.82, 2.24) is 25.8 Å². The van der Waals surface area contributed by atoms with Crippen LogP contribution in [0.15, 0.2) is 30.3 Å². The molecule has 0 aliphatic carbocycles. The zero-order valence-electron chi connectivity index (χ0n) is 33.7. The summed E-state index contributed by atoms with van der Waals surface area (Å²) in [5, 5.41) is 20.7. The first-order valence-corrected chi connectivity index (χ1v) is 19.4. The highest BCUT2D eigenvalue weighted by molar-refractivity contribution is 5.92. The molecule has 1 aromatic carbocycles. The van der Waals surface area contributed by atoms with Gasteiger partial charge in [0.25, 0.3) is 0 Å². The highest BCUT2D eigenvalue weighted by Gasteiger charge is 2.44. The van der Waals surface area contributed by atoms with Crippen LogP contribution in [0.5, 0.6) is 0 Å². The molecule has 0 aromatic heterocycles. The molecule has 300 valence electrons. The normalized spacial score (nSPS) is 23.4. The second kappa shape index (κ2) is 20.5. The van der Waals surface area contributed by atoms with Crippen LogP contribution in [0.4, 0.5) is 0 Å². The average Bonchev–Trinajstić information content (AvgIpc) is 3.83. The first kappa shape index (κ1) is 44.3. The Morgan fingerprint density at radius 3 is 2.28 bits per heavy atom. The van der Waals surface area contributed by atoms with Gasteiger partial charge in [0.2, 0.25) is 17.7 Å². The van der Waals surface area contributed by atoms with Crippen molar-refractivity contribution in [3.05, 3.63) is 35.9 Å². The summed E-state index contributed by atoms with van der Waals surface area (Å²) in [7, 11) is 6.19. The Balaban J connectivity index is 1.76. The number of ether oxygens (including phenoxy) is 3. The van der Waals surface area contributed by atoms with Gasteiger partial charge in [-0.2, -0.15) is 0 Å². The van der Waals surface area contributed by atoms with Crippen molar-refractivity contribution in [2.75, 3.05) is 41.5 Å². The van der Waals surface area contributed by atoms with Gasteiger partial charge in [-0.25, -0.2) is 0 Å². The molecule has 4 N–H and O–H groups in total. The Labute approximate surface area is 317 Å². The van der Waals surface area contributed by atoms with Crippen LogP contribution in [0.3, 0.4) is 0 Å². The number of methoxy groups -OCH3 is 3. The predicted octanol–water partition coefficient (Wildman–Crippen LogP) is 2.88. The number of carbonyl (C=O) groups excluding carboxylic acids is 4. The highest BCUT2D eigenvalue weighted by atomic mass is 16.5. The van der Waals surface area contributed by atoms with Crippen LogP contribution in [0, 0.1) is 17.8 Å². The summed E-state index contributed by atoms with van der Waals surface area (Å²) >= 11 is 0. The van der Waals surface area contributed by atoms with Crippen molar-refractivity contribution in [3.8, 4) is 0 Å².